The summed E-state index contributed by atoms with van der Waals surface area (Å²) in [6.45, 7) is 0. The van der Waals surface area contributed by atoms with Crippen LogP contribution in [0.2, 0.25) is 0 Å². The lowest BCUT2D eigenvalue weighted by atomic mass is 10.1. The van der Waals surface area contributed by atoms with E-state index in [4.69, 9.17) is 5.14 Å². The zero-order valence-electron chi connectivity index (χ0n) is 13.4. The maximum absolute atomic E-state index is 11.3. The molecule has 2 rings (SSSR count). The second kappa shape index (κ2) is 7.72. The highest BCUT2D eigenvalue weighted by Crippen LogP contribution is 2.27. The number of carbonyl (C=O) groups is 1. The Labute approximate surface area is 148 Å². The number of carbonyl (C=O) groups excluding carboxylic acids is 1. The van der Waals surface area contributed by atoms with Gasteiger partial charge in [-0.15, -0.1) is 0 Å². The number of nitrogens with two attached hydrogens (primary N) is 1. The molecule has 0 saturated carbocycles. The average Bonchev–Trinajstić information content (AvgIpc) is 2.60. The molecular formula is C15H14N4O6S. The summed E-state index contributed by atoms with van der Waals surface area (Å²) in [5, 5.41) is 19.9. The number of nitrogens with zero attached hydrogens (tertiary/aromatic N) is 2. The standard InChI is InChI=1S/C15H14N4O6S/c1-25-15(20)11-4-2-10(3-5-11)9-17-18-13-7-6-12(26(16,23)24)8-14(13)19(21)22/h2-9,18H,1H3,(H2,16,23,24)/b17-9-. The second-order valence-corrected chi connectivity index (χ2v) is 6.53. The zero-order chi connectivity index (χ0) is 19.3. The molecule has 136 valence electrons. The molecule has 0 aliphatic heterocycles. The molecule has 0 bridgehead atoms. The smallest absolute Gasteiger partial charge is 0.337 e. The molecule has 0 fully saturated rings. The Morgan fingerprint density at radius 3 is 2.46 bits per heavy atom. The number of nitro benzene ring substituents is 1. The summed E-state index contributed by atoms with van der Waals surface area (Å²) in [5.74, 6) is -0.475. The Hall–Kier alpha value is -3.31. The van der Waals surface area contributed by atoms with Crippen molar-refractivity contribution in [1.82, 2.24) is 0 Å². The highest BCUT2D eigenvalue weighted by atomic mass is 32.2. The number of rotatable bonds is 6. The molecule has 0 unspecified atom stereocenters. The van der Waals surface area contributed by atoms with Crippen molar-refractivity contribution in [1.29, 1.82) is 0 Å². The molecule has 0 amide bonds. The summed E-state index contributed by atoms with van der Waals surface area (Å²) in [4.78, 5) is 21.3. The first-order valence-electron chi connectivity index (χ1n) is 7.01. The average molecular weight is 378 g/mol. The van der Waals surface area contributed by atoms with Crippen molar-refractivity contribution >= 4 is 33.6 Å². The molecule has 2 aromatic rings. The number of benzene rings is 2. The Morgan fingerprint density at radius 2 is 1.92 bits per heavy atom. The first-order chi connectivity index (χ1) is 12.2. The van der Waals surface area contributed by atoms with Crippen molar-refractivity contribution < 1.29 is 22.9 Å². The van der Waals surface area contributed by atoms with Crippen LogP contribution in [-0.4, -0.2) is 32.6 Å². The fourth-order valence-electron chi connectivity index (χ4n) is 1.93. The van der Waals surface area contributed by atoms with Crippen molar-refractivity contribution in [2.45, 2.75) is 4.90 Å². The Balaban J connectivity index is 2.19. The minimum atomic E-state index is -4.06. The van der Waals surface area contributed by atoms with Crippen LogP contribution in [0.25, 0.3) is 0 Å². The topological polar surface area (TPSA) is 154 Å². The predicted octanol–water partition coefficient (Wildman–Crippen LogP) is 1.47. The van der Waals surface area contributed by atoms with Crippen molar-refractivity contribution in [3.05, 3.63) is 63.7 Å². The molecule has 0 spiro atoms. The van der Waals surface area contributed by atoms with Gasteiger partial charge < -0.3 is 4.74 Å². The first-order valence-corrected chi connectivity index (χ1v) is 8.55. The van der Waals surface area contributed by atoms with Crippen LogP contribution in [-0.2, 0) is 14.8 Å². The lowest BCUT2D eigenvalue weighted by Gasteiger charge is -2.04. The number of sulfonamides is 1. The first kappa shape index (κ1) is 19.0. The minimum absolute atomic E-state index is 0.00942. The zero-order valence-corrected chi connectivity index (χ0v) is 14.3. The molecule has 26 heavy (non-hydrogen) atoms. The van der Waals surface area contributed by atoms with Gasteiger partial charge in [0.1, 0.15) is 5.69 Å². The van der Waals surface area contributed by atoms with Crippen LogP contribution in [0.15, 0.2) is 52.5 Å². The molecule has 0 aliphatic carbocycles. The van der Waals surface area contributed by atoms with E-state index in [-0.39, 0.29) is 10.6 Å². The number of hydrogen-bond donors (Lipinski definition) is 2. The summed E-state index contributed by atoms with van der Waals surface area (Å²) < 4.78 is 27.2. The van der Waals surface area contributed by atoms with E-state index in [1.165, 1.54) is 31.5 Å². The van der Waals surface area contributed by atoms with Gasteiger partial charge in [-0.2, -0.15) is 5.10 Å². The van der Waals surface area contributed by atoms with Crippen LogP contribution in [0.5, 0.6) is 0 Å². The van der Waals surface area contributed by atoms with Crippen LogP contribution in [0.1, 0.15) is 15.9 Å². The lowest BCUT2D eigenvalue weighted by molar-refractivity contribution is -0.384. The van der Waals surface area contributed by atoms with Crippen molar-refractivity contribution in [2.24, 2.45) is 10.2 Å². The quantitative estimate of drug-likeness (QED) is 0.334. The van der Waals surface area contributed by atoms with Gasteiger partial charge >= 0.3 is 5.97 Å². The van der Waals surface area contributed by atoms with Gasteiger partial charge in [0.25, 0.3) is 5.69 Å². The van der Waals surface area contributed by atoms with E-state index >= 15 is 0 Å². The summed E-state index contributed by atoms with van der Waals surface area (Å²) >= 11 is 0. The normalized spacial score (nSPS) is 11.3. The van der Waals surface area contributed by atoms with Gasteiger partial charge in [-0.25, -0.2) is 18.4 Å². The van der Waals surface area contributed by atoms with Gasteiger partial charge in [-0.3, -0.25) is 15.5 Å². The summed E-state index contributed by atoms with van der Waals surface area (Å²) in [6, 6.07) is 9.46. The van der Waals surface area contributed by atoms with Crippen molar-refractivity contribution in [3.8, 4) is 0 Å². The third-order valence-corrected chi connectivity index (χ3v) is 4.14. The number of nitrogens with one attached hydrogen (secondary N) is 1. The summed E-state index contributed by atoms with van der Waals surface area (Å²) in [7, 11) is -2.79. The van der Waals surface area contributed by atoms with E-state index in [2.05, 4.69) is 15.3 Å². The fraction of sp³-hybridized carbons (Fsp3) is 0.0667. The Kier molecular flexibility index (Phi) is 5.64. The predicted molar refractivity (Wildman–Crippen MR) is 93.5 cm³/mol. The van der Waals surface area contributed by atoms with Gasteiger partial charge in [-0.1, -0.05) is 12.1 Å². The van der Waals surface area contributed by atoms with E-state index in [1.54, 1.807) is 12.1 Å². The number of primary sulfonamides is 1. The summed E-state index contributed by atoms with van der Waals surface area (Å²) in [5.41, 5.74) is 2.96. The second-order valence-electron chi connectivity index (χ2n) is 4.96. The monoisotopic (exact) mass is 378 g/mol. The molecule has 0 saturated heterocycles. The maximum Gasteiger partial charge on any atom is 0.337 e. The third-order valence-electron chi connectivity index (χ3n) is 3.22. The van der Waals surface area contributed by atoms with E-state index in [0.717, 1.165) is 12.1 Å². The molecule has 11 heteroatoms. The Bertz CT molecular complexity index is 970. The largest absolute Gasteiger partial charge is 0.465 e. The highest BCUT2D eigenvalue weighted by Gasteiger charge is 2.18. The number of methoxy groups -OCH3 is 1. The number of esters is 1. The van der Waals surface area contributed by atoms with Gasteiger partial charge in [0.15, 0.2) is 0 Å². The molecule has 0 aromatic heterocycles. The van der Waals surface area contributed by atoms with Crippen LogP contribution in [0.3, 0.4) is 0 Å². The molecule has 0 heterocycles. The van der Waals surface area contributed by atoms with E-state index in [9.17, 15) is 23.3 Å². The van der Waals surface area contributed by atoms with Crippen LogP contribution in [0, 0.1) is 10.1 Å². The van der Waals surface area contributed by atoms with Gasteiger partial charge in [0, 0.05) is 6.07 Å². The van der Waals surface area contributed by atoms with Crippen molar-refractivity contribution in [2.75, 3.05) is 12.5 Å². The van der Waals surface area contributed by atoms with E-state index < -0.39 is 26.6 Å². The number of nitro groups is 1. The third kappa shape index (κ3) is 4.62. The number of hydrogen-bond acceptors (Lipinski definition) is 8. The van der Waals surface area contributed by atoms with E-state index in [1.807, 2.05) is 0 Å². The maximum atomic E-state index is 11.3. The number of ether oxygens (including phenoxy) is 1. The van der Waals surface area contributed by atoms with Gasteiger partial charge in [-0.05, 0) is 29.8 Å². The van der Waals surface area contributed by atoms with Gasteiger partial charge in [0.2, 0.25) is 10.0 Å². The molecule has 3 N–H and O–H groups in total. The molecule has 0 atom stereocenters. The van der Waals surface area contributed by atoms with Crippen LogP contribution in [0.4, 0.5) is 11.4 Å². The highest BCUT2D eigenvalue weighted by molar-refractivity contribution is 7.89. The Morgan fingerprint density at radius 1 is 1.27 bits per heavy atom. The van der Waals surface area contributed by atoms with Crippen LogP contribution >= 0.6 is 0 Å². The van der Waals surface area contributed by atoms with Crippen LogP contribution < -0.4 is 10.6 Å². The molecule has 2 aromatic carbocycles. The molecule has 10 nitrogen and oxygen atoms in total. The number of anilines is 1. The van der Waals surface area contributed by atoms with Crippen molar-refractivity contribution in [3.63, 3.8) is 0 Å². The fourth-order valence-corrected chi connectivity index (χ4v) is 2.47. The molecule has 0 aliphatic rings. The van der Waals surface area contributed by atoms with Gasteiger partial charge in [0.05, 0.1) is 28.7 Å². The molecule has 0 radical (unpaired) electrons. The minimum Gasteiger partial charge on any atom is -0.465 e. The summed E-state index contributed by atoms with van der Waals surface area (Å²) in [6.07, 6.45) is 1.37. The molecular weight excluding hydrogens is 364 g/mol. The SMILES string of the molecule is COC(=O)c1ccc(/C=N\Nc2ccc(S(N)(=O)=O)cc2[N+](=O)[O-])cc1. The van der Waals surface area contributed by atoms with E-state index in [0.29, 0.717) is 11.1 Å². The lowest BCUT2D eigenvalue weighted by Crippen LogP contribution is -2.12. The number of hydrazone groups is 1.